The lowest BCUT2D eigenvalue weighted by molar-refractivity contribution is 0.648. The van der Waals surface area contributed by atoms with E-state index in [1.165, 1.54) is 38.5 Å². The second-order valence-electron chi connectivity index (χ2n) is 3.80. The van der Waals surface area contributed by atoms with Gasteiger partial charge in [-0.2, -0.15) is 0 Å². The summed E-state index contributed by atoms with van der Waals surface area (Å²) >= 11 is 0. The van der Waals surface area contributed by atoms with E-state index in [0.717, 1.165) is 12.8 Å². The van der Waals surface area contributed by atoms with Crippen molar-refractivity contribution in [3.63, 3.8) is 0 Å². The summed E-state index contributed by atoms with van der Waals surface area (Å²) in [5, 5.41) is 0. The van der Waals surface area contributed by atoms with Crippen molar-refractivity contribution in [2.45, 2.75) is 51.4 Å². The first-order valence-electron chi connectivity index (χ1n) is 5.87. The van der Waals surface area contributed by atoms with E-state index in [1.54, 1.807) is 0 Å². The number of hydrogen-bond acceptors (Lipinski definition) is 0. The Bertz CT molecular complexity index is 196. The highest BCUT2D eigenvalue weighted by Gasteiger charge is 1.88. The second-order valence-corrected chi connectivity index (χ2v) is 3.80. The summed E-state index contributed by atoms with van der Waals surface area (Å²) in [5.41, 5.74) is 0. The van der Waals surface area contributed by atoms with Crippen LogP contribution in [0.15, 0.2) is 30.4 Å². The predicted octanol–water partition coefficient (Wildman–Crippen LogP) is 4.59. The molecule has 0 N–H and O–H groups in total. The molecule has 1 radical (unpaired) electrons. The molecule has 1 aliphatic rings. The van der Waals surface area contributed by atoms with Gasteiger partial charge in [-0.25, -0.2) is 0 Å². The highest BCUT2D eigenvalue weighted by Crippen LogP contribution is 2.07. The molecule has 0 fully saturated rings. The molecule has 0 nitrogen and oxygen atoms in total. The highest BCUT2D eigenvalue weighted by molar-refractivity contribution is 5.00. The maximum absolute atomic E-state index is 3.31. The normalized spacial score (nSPS) is 20.6. The van der Waals surface area contributed by atoms with Crippen molar-refractivity contribution >= 4 is 0 Å². The van der Waals surface area contributed by atoms with Crippen LogP contribution >= 0.6 is 0 Å². The van der Waals surface area contributed by atoms with Crippen molar-refractivity contribution in [1.29, 1.82) is 0 Å². The topological polar surface area (TPSA) is 0 Å². The van der Waals surface area contributed by atoms with Gasteiger partial charge in [-0.15, -0.1) is 0 Å². The Hall–Kier alpha value is -0.780. The SMILES string of the molecule is [C]1=CC=CCCC=CCCCCCC1. The summed E-state index contributed by atoms with van der Waals surface area (Å²) in [6, 6.07) is 0. The molecular weight excluding hydrogens is 168 g/mol. The van der Waals surface area contributed by atoms with Gasteiger partial charge in [-0.1, -0.05) is 43.2 Å². The van der Waals surface area contributed by atoms with Crippen LogP contribution in [0.25, 0.3) is 0 Å². The van der Waals surface area contributed by atoms with Crippen LogP contribution in [0.3, 0.4) is 0 Å². The van der Waals surface area contributed by atoms with Crippen LogP contribution in [0.2, 0.25) is 0 Å². The van der Waals surface area contributed by atoms with Crippen molar-refractivity contribution < 1.29 is 0 Å². The van der Waals surface area contributed by atoms with Crippen LogP contribution in [0.5, 0.6) is 0 Å². The van der Waals surface area contributed by atoms with Crippen LogP contribution in [0.1, 0.15) is 51.4 Å². The average Bonchev–Trinajstić information content (AvgIpc) is 2.22. The van der Waals surface area contributed by atoms with E-state index in [1.807, 2.05) is 0 Å². The third kappa shape index (κ3) is 6.71. The second kappa shape index (κ2) is 8.80. The van der Waals surface area contributed by atoms with Gasteiger partial charge in [0, 0.05) is 0 Å². The zero-order valence-electron chi connectivity index (χ0n) is 9.04. The summed E-state index contributed by atoms with van der Waals surface area (Å²) in [6.45, 7) is 0. The Morgan fingerprint density at radius 2 is 1.50 bits per heavy atom. The van der Waals surface area contributed by atoms with Crippen LogP contribution < -0.4 is 0 Å². The summed E-state index contributed by atoms with van der Waals surface area (Å²) in [5.74, 6) is 0. The van der Waals surface area contributed by atoms with Crippen molar-refractivity contribution in [1.82, 2.24) is 0 Å². The molecule has 0 aromatic carbocycles. The lowest BCUT2D eigenvalue weighted by Gasteiger charge is -1.97. The Labute approximate surface area is 88.4 Å². The van der Waals surface area contributed by atoms with Crippen molar-refractivity contribution in [2.75, 3.05) is 0 Å². The molecule has 0 unspecified atom stereocenters. The van der Waals surface area contributed by atoms with Gasteiger partial charge in [-0.05, 0) is 44.6 Å². The molecule has 0 atom stereocenters. The van der Waals surface area contributed by atoms with E-state index in [4.69, 9.17) is 0 Å². The lowest BCUT2D eigenvalue weighted by Crippen LogP contribution is -1.77. The van der Waals surface area contributed by atoms with Crippen molar-refractivity contribution in [3.05, 3.63) is 36.5 Å². The fraction of sp³-hybridized carbons (Fsp3) is 0.571. The van der Waals surface area contributed by atoms with Crippen LogP contribution in [-0.4, -0.2) is 0 Å². The number of hydrogen-bond donors (Lipinski definition) is 0. The molecule has 0 heteroatoms. The first kappa shape index (κ1) is 11.3. The monoisotopic (exact) mass is 189 g/mol. The zero-order chi connectivity index (χ0) is 9.90. The smallest absolute Gasteiger partial charge is 0.0276 e. The van der Waals surface area contributed by atoms with E-state index >= 15 is 0 Å². The average molecular weight is 189 g/mol. The molecule has 0 aromatic rings. The van der Waals surface area contributed by atoms with Crippen molar-refractivity contribution in [3.8, 4) is 0 Å². The quantitative estimate of drug-likeness (QED) is 0.489. The fourth-order valence-electron chi connectivity index (χ4n) is 1.59. The fourth-order valence-corrected chi connectivity index (χ4v) is 1.59. The van der Waals surface area contributed by atoms with Gasteiger partial charge in [0.05, 0.1) is 0 Å². The van der Waals surface area contributed by atoms with E-state index in [0.29, 0.717) is 0 Å². The third-order valence-electron chi connectivity index (χ3n) is 2.46. The molecule has 14 heavy (non-hydrogen) atoms. The molecule has 77 valence electrons. The largest absolute Gasteiger partial charge is 0.0885 e. The van der Waals surface area contributed by atoms with E-state index in [2.05, 4.69) is 36.5 Å². The Morgan fingerprint density at radius 1 is 0.714 bits per heavy atom. The van der Waals surface area contributed by atoms with Gasteiger partial charge in [0.2, 0.25) is 0 Å². The summed E-state index contributed by atoms with van der Waals surface area (Å²) in [7, 11) is 0. The molecule has 0 bridgehead atoms. The maximum atomic E-state index is 3.31. The first-order chi connectivity index (χ1) is 7.00. The molecule has 1 aliphatic carbocycles. The Morgan fingerprint density at radius 3 is 2.50 bits per heavy atom. The first-order valence-corrected chi connectivity index (χ1v) is 5.87. The Kier molecular flexibility index (Phi) is 7.10. The molecule has 0 spiro atoms. The van der Waals surface area contributed by atoms with E-state index in [9.17, 15) is 0 Å². The molecule has 0 aliphatic heterocycles. The molecule has 0 heterocycles. The highest BCUT2D eigenvalue weighted by atomic mass is 13.9. The van der Waals surface area contributed by atoms with Crippen LogP contribution in [-0.2, 0) is 0 Å². The summed E-state index contributed by atoms with van der Waals surface area (Å²) in [4.78, 5) is 0. The number of rotatable bonds is 0. The Balaban J connectivity index is 2.26. The van der Waals surface area contributed by atoms with Crippen LogP contribution in [0, 0.1) is 6.08 Å². The molecule has 1 rings (SSSR count). The van der Waals surface area contributed by atoms with Crippen LogP contribution in [0.4, 0.5) is 0 Å². The molecule has 0 saturated carbocycles. The van der Waals surface area contributed by atoms with E-state index < -0.39 is 0 Å². The minimum absolute atomic E-state index is 1.13. The van der Waals surface area contributed by atoms with Gasteiger partial charge in [-0.3, -0.25) is 0 Å². The lowest BCUT2D eigenvalue weighted by atomic mass is 10.1. The van der Waals surface area contributed by atoms with Gasteiger partial charge >= 0.3 is 0 Å². The third-order valence-corrected chi connectivity index (χ3v) is 2.46. The predicted molar refractivity (Wildman–Crippen MR) is 63.0 cm³/mol. The van der Waals surface area contributed by atoms with Gasteiger partial charge in [0.15, 0.2) is 0 Å². The molecule has 0 saturated heterocycles. The maximum Gasteiger partial charge on any atom is -0.0276 e. The molecular formula is C14H21. The van der Waals surface area contributed by atoms with Crippen molar-refractivity contribution in [2.24, 2.45) is 0 Å². The molecule has 0 aromatic heterocycles. The molecule has 0 amide bonds. The summed E-state index contributed by atoms with van der Waals surface area (Å²) in [6.07, 6.45) is 24.5. The van der Waals surface area contributed by atoms with Gasteiger partial charge in [0.25, 0.3) is 0 Å². The minimum Gasteiger partial charge on any atom is -0.0885 e. The van der Waals surface area contributed by atoms with Gasteiger partial charge < -0.3 is 0 Å². The summed E-state index contributed by atoms with van der Waals surface area (Å²) < 4.78 is 0. The van der Waals surface area contributed by atoms with Gasteiger partial charge in [0.1, 0.15) is 0 Å². The zero-order valence-corrected chi connectivity index (χ0v) is 9.04. The standard InChI is InChI=1S/C14H21/c1-2-4-6-8-10-12-14-13-11-9-7-5-3-1/h1-3,8,10H,4,6-7,9,11-14H2. The van der Waals surface area contributed by atoms with E-state index in [-0.39, 0.29) is 0 Å². The number of allylic oxidation sites excluding steroid dienone is 6. The minimum atomic E-state index is 1.13.